The van der Waals surface area contributed by atoms with Gasteiger partial charge in [0.15, 0.2) is 0 Å². The van der Waals surface area contributed by atoms with Crippen LogP contribution in [0.15, 0.2) is 158 Å². The third-order valence-corrected chi connectivity index (χ3v) is 7.69. The van der Waals surface area contributed by atoms with E-state index in [0.29, 0.717) is 5.56 Å². The minimum Gasteiger partial charge on any atom is -0.310 e. The van der Waals surface area contributed by atoms with Gasteiger partial charge in [-0.1, -0.05) is 115 Å². The summed E-state index contributed by atoms with van der Waals surface area (Å²) in [5.74, 6) is 0. The van der Waals surface area contributed by atoms with Gasteiger partial charge in [-0.25, -0.2) is 0 Å². The summed E-state index contributed by atoms with van der Waals surface area (Å²) in [6, 6.07) is 57.4. The van der Waals surface area contributed by atoms with Gasteiger partial charge in [0.1, 0.15) is 0 Å². The van der Waals surface area contributed by atoms with Crippen LogP contribution in [0.3, 0.4) is 0 Å². The van der Waals surface area contributed by atoms with Crippen molar-refractivity contribution in [3.8, 4) is 28.3 Å². The molecule has 41 heavy (non-hydrogen) atoms. The SMILES string of the molecule is N#Cc1ccc(-c2cccc3cccc(-c4ccc(N(c5ccccc5)c5cccc6ccccc56)cc4)c23)cc1. The predicted molar refractivity (Wildman–Crippen MR) is 172 cm³/mol. The van der Waals surface area contributed by atoms with Crippen LogP contribution < -0.4 is 4.90 Å². The molecule has 0 amide bonds. The van der Waals surface area contributed by atoms with Crippen LogP contribution in [-0.4, -0.2) is 0 Å². The molecule has 0 spiro atoms. The number of hydrogen-bond donors (Lipinski definition) is 0. The Balaban J connectivity index is 1.36. The fraction of sp³-hybridized carbons (Fsp3) is 0. The molecule has 0 aliphatic heterocycles. The Bertz CT molecular complexity index is 2020. The van der Waals surface area contributed by atoms with E-state index in [4.69, 9.17) is 0 Å². The molecule has 0 bridgehead atoms. The van der Waals surface area contributed by atoms with E-state index in [1.54, 1.807) is 0 Å². The van der Waals surface area contributed by atoms with E-state index < -0.39 is 0 Å². The van der Waals surface area contributed by atoms with Gasteiger partial charge >= 0.3 is 0 Å². The molecule has 2 heteroatoms. The number of hydrogen-bond acceptors (Lipinski definition) is 2. The highest BCUT2D eigenvalue weighted by Crippen LogP contribution is 2.41. The third-order valence-electron chi connectivity index (χ3n) is 7.69. The van der Waals surface area contributed by atoms with E-state index in [-0.39, 0.29) is 0 Å². The second-order valence-electron chi connectivity index (χ2n) is 10.1. The number of rotatable bonds is 5. The van der Waals surface area contributed by atoms with Crippen molar-refractivity contribution in [2.75, 3.05) is 4.90 Å². The fourth-order valence-corrected chi connectivity index (χ4v) is 5.74. The molecule has 0 saturated carbocycles. The Morgan fingerprint density at radius 1 is 0.439 bits per heavy atom. The van der Waals surface area contributed by atoms with E-state index >= 15 is 0 Å². The third kappa shape index (κ3) is 4.50. The Morgan fingerprint density at radius 2 is 0.976 bits per heavy atom. The van der Waals surface area contributed by atoms with Gasteiger partial charge < -0.3 is 4.90 Å². The van der Waals surface area contributed by atoms with Crippen LogP contribution in [0, 0.1) is 11.3 Å². The van der Waals surface area contributed by atoms with Gasteiger partial charge in [0.05, 0.1) is 17.3 Å². The summed E-state index contributed by atoms with van der Waals surface area (Å²) in [5, 5.41) is 14.1. The van der Waals surface area contributed by atoms with E-state index in [2.05, 4.69) is 144 Å². The van der Waals surface area contributed by atoms with Crippen LogP contribution in [0.4, 0.5) is 17.1 Å². The largest absolute Gasteiger partial charge is 0.310 e. The summed E-state index contributed by atoms with van der Waals surface area (Å²) in [5.41, 5.74) is 8.64. The topological polar surface area (TPSA) is 27.0 Å². The zero-order chi connectivity index (χ0) is 27.6. The molecule has 7 aromatic carbocycles. The maximum Gasteiger partial charge on any atom is 0.0991 e. The molecule has 0 atom stereocenters. The van der Waals surface area contributed by atoms with E-state index in [9.17, 15) is 5.26 Å². The standard InChI is InChI=1S/C39H26N2/c40-27-28-19-21-30(22-20-28)36-16-6-11-32-12-7-17-37(39(32)36)31-23-25-34(26-24-31)41(33-13-2-1-3-14-33)38-18-8-10-29-9-4-5-15-35(29)38/h1-26H. The summed E-state index contributed by atoms with van der Waals surface area (Å²) in [4.78, 5) is 2.33. The number of para-hydroxylation sites is 1. The molecule has 0 heterocycles. The van der Waals surface area contributed by atoms with Gasteiger partial charge in [-0.05, 0) is 80.9 Å². The normalized spacial score (nSPS) is 10.9. The molecule has 7 rings (SSSR count). The summed E-state index contributed by atoms with van der Waals surface area (Å²) >= 11 is 0. The lowest BCUT2D eigenvalue weighted by atomic mass is 9.91. The monoisotopic (exact) mass is 522 g/mol. The van der Waals surface area contributed by atoms with Gasteiger partial charge in [-0.3, -0.25) is 0 Å². The maximum atomic E-state index is 9.27. The minimum atomic E-state index is 0.666. The first-order valence-corrected chi connectivity index (χ1v) is 13.8. The quantitative estimate of drug-likeness (QED) is 0.225. The molecular weight excluding hydrogens is 496 g/mol. The molecule has 0 aliphatic rings. The van der Waals surface area contributed by atoms with Crippen molar-refractivity contribution in [3.05, 3.63) is 163 Å². The molecule has 0 saturated heterocycles. The highest BCUT2D eigenvalue weighted by Gasteiger charge is 2.16. The van der Waals surface area contributed by atoms with Crippen LogP contribution >= 0.6 is 0 Å². The average Bonchev–Trinajstić information content (AvgIpc) is 3.05. The van der Waals surface area contributed by atoms with E-state index in [1.807, 2.05) is 24.3 Å². The Kier molecular flexibility index (Phi) is 6.24. The number of nitriles is 1. The van der Waals surface area contributed by atoms with Crippen LogP contribution in [0.25, 0.3) is 43.8 Å². The predicted octanol–water partition coefficient (Wildman–Crippen LogP) is 10.7. The second-order valence-corrected chi connectivity index (χ2v) is 10.1. The van der Waals surface area contributed by atoms with Crippen molar-refractivity contribution in [2.45, 2.75) is 0 Å². The Morgan fingerprint density at radius 3 is 1.66 bits per heavy atom. The van der Waals surface area contributed by atoms with Gasteiger partial charge in [-0.15, -0.1) is 0 Å². The molecule has 0 N–H and O–H groups in total. The van der Waals surface area contributed by atoms with Crippen LogP contribution in [-0.2, 0) is 0 Å². The van der Waals surface area contributed by atoms with Gasteiger partial charge in [-0.2, -0.15) is 5.26 Å². The Labute approximate surface area is 240 Å². The van der Waals surface area contributed by atoms with Gasteiger partial charge in [0.2, 0.25) is 0 Å². The number of benzene rings is 7. The summed E-state index contributed by atoms with van der Waals surface area (Å²) in [6.45, 7) is 0. The Hall–Kier alpha value is -5.65. The minimum absolute atomic E-state index is 0.666. The number of fused-ring (bicyclic) bond motifs is 2. The van der Waals surface area contributed by atoms with Crippen molar-refractivity contribution >= 4 is 38.6 Å². The molecule has 7 aromatic rings. The smallest absolute Gasteiger partial charge is 0.0991 e. The molecule has 0 aliphatic carbocycles. The zero-order valence-electron chi connectivity index (χ0n) is 22.4. The van der Waals surface area contributed by atoms with Gasteiger partial charge in [0.25, 0.3) is 0 Å². The number of nitrogens with zero attached hydrogens (tertiary/aromatic N) is 2. The average molecular weight is 523 g/mol. The molecule has 0 fully saturated rings. The lowest BCUT2D eigenvalue weighted by molar-refractivity contribution is 1.30. The molecular formula is C39H26N2. The molecule has 0 unspecified atom stereocenters. The van der Waals surface area contributed by atoms with Crippen molar-refractivity contribution in [1.29, 1.82) is 5.26 Å². The van der Waals surface area contributed by atoms with Crippen molar-refractivity contribution in [2.24, 2.45) is 0 Å². The summed E-state index contributed by atoms with van der Waals surface area (Å²) in [6.07, 6.45) is 0. The lowest BCUT2D eigenvalue weighted by Gasteiger charge is -2.27. The first-order valence-electron chi connectivity index (χ1n) is 13.8. The highest BCUT2D eigenvalue weighted by atomic mass is 15.1. The fourth-order valence-electron chi connectivity index (χ4n) is 5.74. The number of anilines is 3. The summed E-state index contributed by atoms with van der Waals surface area (Å²) in [7, 11) is 0. The maximum absolute atomic E-state index is 9.27. The van der Waals surface area contributed by atoms with Crippen molar-refractivity contribution < 1.29 is 0 Å². The van der Waals surface area contributed by atoms with Crippen LogP contribution in [0.5, 0.6) is 0 Å². The van der Waals surface area contributed by atoms with Gasteiger partial charge in [0, 0.05) is 16.8 Å². The highest BCUT2D eigenvalue weighted by molar-refractivity contribution is 6.06. The molecule has 0 aromatic heterocycles. The van der Waals surface area contributed by atoms with Crippen LogP contribution in [0.2, 0.25) is 0 Å². The molecule has 0 radical (unpaired) electrons. The van der Waals surface area contributed by atoms with Crippen LogP contribution in [0.1, 0.15) is 5.56 Å². The molecule has 192 valence electrons. The van der Waals surface area contributed by atoms with E-state index in [0.717, 1.165) is 33.8 Å². The zero-order valence-corrected chi connectivity index (χ0v) is 22.4. The van der Waals surface area contributed by atoms with E-state index in [1.165, 1.54) is 27.1 Å². The first-order chi connectivity index (χ1) is 20.3. The van der Waals surface area contributed by atoms with Crippen molar-refractivity contribution in [1.82, 2.24) is 0 Å². The summed E-state index contributed by atoms with van der Waals surface area (Å²) < 4.78 is 0. The lowest BCUT2D eigenvalue weighted by Crippen LogP contribution is -2.10. The molecule has 2 nitrogen and oxygen atoms in total. The van der Waals surface area contributed by atoms with Crippen molar-refractivity contribution in [3.63, 3.8) is 0 Å². The second kappa shape index (κ2) is 10.5. The first kappa shape index (κ1) is 24.4.